The fraction of sp³-hybridized carbons (Fsp3) is 0.364. The standard InChI is InChI=1S/C33H30F2N8OS/c1-40(33-39-31(29(16-37)45-33)22-4-6-23(34)7-5-22)28-14-27(21-2-3-21)38-32-25(28)12-24(13-26(32)35)42-10-8-41(9-11-42)19-30(44)43-17-20(15-36)18-43/h4-7,12-14,20-21H,2-3,8-11,17-19H2,1H3. The molecule has 3 fully saturated rings. The number of likely N-dealkylation sites (tertiary alicyclic amines) is 1. The predicted molar refractivity (Wildman–Crippen MR) is 168 cm³/mol. The van der Waals surface area contributed by atoms with Gasteiger partial charge in [0.25, 0.3) is 0 Å². The van der Waals surface area contributed by atoms with Crippen LogP contribution in [0.3, 0.4) is 0 Å². The van der Waals surface area contributed by atoms with Gasteiger partial charge >= 0.3 is 0 Å². The maximum Gasteiger partial charge on any atom is 0.236 e. The van der Waals surface area contributed by atoms with Gasteiger partial charge in [-0.2, -0.15) is 10.5 Å². The van der Waals surface area contributed by atoms with Crippen molar-refractivity contribution in [2.24, 2.45) is 5.92 Å². The molecule has 0 N–H and O–H groups in total. The predicted octanol–water partition coefficient (Wildman–Crippen LogP) is 5.26. The zero-order chi connectivity index (χ0) is 31.2. The van der Waals surface area contributed by atoms with Gasteiger partial charge in [-0.15, -0.1) is 0 Å². The van der Waals surface area contributed by atoms with Crippen molar-refractivity contribution < 1.29 is 13.6 Å². The zero-order valence-corrected chi connectivity index (χ0v) is 25.5. The number of rotatable bonds is 7. The van der Waals surface area contributed by atoms with Gasteiger partial charge in [-0.3, -0.25) is 9.69 Å². The number of hydrogen-bond donors (Lipinski definition) is 0. The summed E-state index contributed by atoms with van der Waals surface area (Å²) >= 11 is 1.23. The molecule has 0 unspecified atom stereocenters. The number of aromatic nitrogens is 2. The minimum atomic E-state index is -0.397. The van der Waals surface area contributed by atoms with Crippen LogP contribution in [0.25, 0.3) is 22.2 Å². The second-order valence-corrected chi connectivity index (χ2v) is 12.9. The van der Waals surface area contributed by atoms with Crippen molar-refractivity contribution in [2.45, 2.75) is 18.8 Å². The lowest BCUT2D eigenvalue weighted by atomic mass is 10.0. The molecule has 4 heterocycles. The SMILES string of the molecule is CN(c1nc(-c2ccc(F)cc2)c(C#N)s1)c1cc(C2CC2)nc2c(F)cc(N3CCN(CC(=O)N4CC(C#N)C4)CC3)cc12. The van der Waals surface area contributed by atoms with Crippen LogP contribution in [0, 0.1) is 40.2 Å². The van der Waals surface area contributed by atoms with Crippen LogP contribution >= 0.6 is 11.3 Å². The highest BCUT2D eigenvalue weighted by Gasteiger charge is 2.32. The van der Waals surface area contributed by atoms with Crippen molar-refractivity contribution in [3.8, 4) is 23.4 Å². The second kappa shape index (κ2) is 11.7. The molecule has 2 aromatic carbocycles. The Morgan fingerprint density at radius 3 is 2.44 bits per heavy atom. The molecule has 45 heavy (non-hydrogen) atoms. The number of fused-ring (bicyclic) bond motifs is 1. The van der Waals surface area contributed by atoms with Gasteiger partial charge in [0.15, 0.2) is 10.9 Å². The highest BCUT2D eigenvalue weighted by atomic mass is 32.1. The first-order valence-electron chi connectivity index (χ1n) is 15.0. The quantitative estimate of drug-likeness (QED) is 0.275. The highest BCUT2D eigenvalue weighted by Crippen LogP contribution is 2.44. The number of benzene rings is 2. The summed E-state index contributed by atoms with van der Waals surface area (Å²) in [7, 11) is 1.86. The minimum absolute atomic E-state index is 0.0428. The van der Waals surface area contributed by atoms with E-state index in [0.29, 0.717) is 83.9 Å². The highest BCUT2D eigenvalue weighted by molar-refractivity contribution is 7.16. The summed E-state index contributed by atoms with van der Waals surface area (Å²) in [4.78, 5) is 30.4. The zero-order valence-electron chi connectivity index (χ0n) is 24.7. The number of carbonyl (C=O) groups excluding carboxylic acids is 1. The number of nitriles is 2. The number of amides is 1. The Balaban J connectivity index is 1.17. The van der Waals surface area contributed by atoms with Crippen molar-refractivity contribution in [1.29, 1.82) is 10.5 Å². The van der Waals surface area contributed by atoms with E-state index >= 15 is 4.39 Å². The number of pyridine rings is 1. The molecule has 1 amide bonds. The third-order valence-electron chi connectivity index (χ3n) is 8.84. The summed E-state index contributed by atoms with van der Waals surface area (Å²) in [6, 6.07) is 15.8. The monoisotopic (exact) mass is 624 g/mol. The van der Waals surface area contributed by atoms with Crippen molar-refractivity contribution in [2.75, 3.05) is 62.7 Å². The van der Waals surface area contributed by atoms with Crippen molar-refractivity contribution >= 4 is 44.7 Å². The van der Waals surface area contributed by atoms with Gasteiger partial charge in [0.1, 0.15) is 28.0 Å². The van der Waals surface area contributed by atoms with Crippen molar-refractivity contribution in [3.63, 3.8) is 0 Å². The van der Waals surface area contributed by atoms with Crippen LogP contribution in [0.15, 0.2) is 42.5 Å². The summed E-state index contributed by atoms with van der Waals surface area (Å²) < 4.78 is 29.4. The molecule has 1 saturated carbocycles. The maximum absolute atomic E-state index is 15.9. The largest absolute Gasteiger partial charge is 0.369 e. The van der Waals surface area contributed by atoms with Gasteiger partial charge < -0.3 is 14.7 Å². The van der Waals surface area contributed by atoms with Crippen LogP contribution in [-0.4, -0.2) is 78.5 Å². The minimum Gasteiger partial charge on any atom is -0.369 e. The Labute approximate surface area is 263 Å². The summed E-state index contributed by atoms with van der Waals surface area (Å²) in [6.45, 7) is 3.92. The van der Waals surface area contributed by atoms with Gasteiger partial charge in [-0.25, -0.2) is 18.7 Å². The Bertz CT molecular complexity index is 1860. The molecule has 228 valence electrons. The molecule has 4 aromatic rings. The molecule has 0 radical (unpaired) electrons. The summed E-state index contributed by atoms with van der Waals surface area (Å²) in [5.74, 6) is -0.491. The molecule has 0 spiro atoms. The lowest BCUT2D eigenvalue weighted by molar-refractivity contribution is -0.137. The molecular formula is C33H30F2N8OS. The fourth-order valence-corrected chi connectivity index (χ4v) is 6.84. The number of thiazole rings is 1. The van der Waals surface area contributed by atoms with E-state index in [-0.39, 0.29) is 17.6 Å². The summed E-state index contributed by atoms with van der Waals surface area (Å²) in [5.41, 5.74) is 3.76. The van der Waals surface area contributed by atoms with Crippen molar-refractivity contribution in [3.05, 3.63) is 64.7 Å². The first kappa shape index (κ1) is 29.1. The van der Waals surface area contributed by atoms with E-state index in [1.165, 1.54) is 23.5 Å². The van der Waals surface area contributed by atoms with Crippen LogP contribution < -0.4 is 9.80 Å². The topological polar surface area (TPSA) is 103 Å². The van der Waals surface area contributed by atoms with Gasteiger partial charge in [0.05, 0.1) is 24.2 Å². The van der Waals surface area contributed by atoms with Crippen LogP contribution in [-0.2, 0) is 4.79 Å². The number of piperazine rings is 1. The number of nitrogens with zero attached hydrogens (tertiary/aromatic N) is 8. The molecular weight excluding hydrogens is 594 g/mol. The first-order chi connectivity index (χ1) is 21.8. The summed E-state index contributed by atoms with van der Waals surface area (Å²) in [5, 5.41) is 20.1. The van der Waals surface area contributed by atoms with E-state index in [9.17, 15) is 14.4 Å². The molecule has 0 bridgehead atoms. The molecule has 7 rings (SSSR count). The van der Waals surface area contributed by atoms with Crippen LogP contribution in [0.4, 0.5) is 25.3 Å². The average molecular weight is 625 g/mol. The van der Waals surface area contributed by atoms with Crippen molar-refractivity contribution in [1.82, 2.24) is 19.8 Å². The van der Waals surface area contributed by atoms with E-state index in [1.807, 2.05) is 24.1 Å². The number of halogens is 2. The normalized spacial score (nSPS) is 17.2. The molecule has 12 heteroatoms. The Hall–Kier alpha value is -4.65. The molecule has 0 atom stereocenters. The van der Waals surface area contributed by atoms with Gasteiger partial charge in [0.2, 0.25) is 5.91 Å². The number of anilines is 3. The Kier molecular flexibility index (Phi) is 7.56. The van der Waals surface area contributed by atoms with Crippen LogP contribution in [0.2, 0.25) is 0 Å². The maximum atomic E-state index is 15.9. The second-order valence-electron chi connectivity index (χ2n) is 11.9. The first-order valence-corrected chi connectivity index (χ1v) is 15.8. The Morgan fingerprint density at radius 1 is 1.04 bits per heavy atom. The van der Waals surface area contributed by atoms with E-state index < -0.39 is 5.82 Å². The number of carbonyl (C=O) groups is 1. The molecule has 2 saturated heterocycles. The molecule has 2 aromatic heterocycles. The third-order valence-corrected chi connectivity index (χ3v) is 9.88. The van der Waals surface area contributed by atoms with E-state index in [4.69, 9.17) is 15.2 Å². The van der Waals surface area contributed by atoms with Crippen LogP contribution in [0.5, 0.6) is 0 Å². The summed E-state index contributed by atoms with van der Waals surface area (Å²) in [6.07, 6.45) is 2.02. The fourth-order valence-electron chi connectivity index (χ4n) is 5.98. The van der Waals surface area contributed by atoms with Gasteiger partial charge in [0, 0.05) is 74.6 Å². The van der Waals surface area contributed by atoms with Crippen LogP contribution in [0.1, 0.15) is 29.3 Å². The number of hydrogen-bond acceptors (Lipinski definition) is 9. The average Bonchev–Trinajstić information content (AvgIpc) is 3.79. The molecule has 3 aliphatic rings. The molecule has 9 nitrogen and oxygen atoms in total. The smallest absolute Gasteiger partial charge is 0.236 e. The molecule has 2 aliphatic heterocycles. The van der Waals surface area contributed by atoms with Gasteiger partial charge in [-0.1, -0.05) is 11.3 Å². The third kappa shape index (κ3) is 5.68. The lowest BCUT2D eigenvalue weighted by Gasteiger charge is -2.39. The molecule has 1 aliphatic carbocycles. The van der Waals surface area contributed by atoms with E-state index in [0.717, 1.165) is 29.9 Å². The van der Waals surface area contributed by atoms with Gasteiger partial charge in [-0.05, 0) is 55.3 Å². The van der Waals surface area contributed by atoms with E-state index in [1.54, 1.807) is 23.1 Å². The van der Waals surface area contributed by atoms with E-state index in [2.05, 4.69) is 21.9 Å². The lowest BCUT2D eigenvalue weighted by Crippen LogP contribution is -2.55. The Morgan fingerprint density at radius 2 is 1.78 bits per heavy atom.